The molecule has 3 aromatic rings. The molecule has 1 N–H and O–H groups in total. The van der Waals surface area contributed by atoms with E-state index < -0.39 is 12.6 Å². The highest BCUT2D eigenvalue weighted by Crippen LogP contribution is 2.26. The van der Waals surface area contributed by atoms with Crippen LogP contribution < -0.4 is 4.74 Å². The molecule has 0 saturated carbocycles. The number of rotatable bonds is 5. The zero-order valence-corrected chi connectivity index (χ0v) is 13.6. The van der Waals surface area contributed by atoms with Crippen molar-refractivity contribution >= 4 is 22.5 Å². The summed E-state index contributed by atoms with van der Waals surface area (Å²) in [5.41, 5.74) is 0.354. The van der Waals surface area contributed by atoms with E-state index >= 15 is 0 Å². The molecule has 0 bridgehead atoms. The summed E-state index contributed by atoms with van der Waals surface area (Å²) in [7, 11) is 1.46. The highest BCUT2D eigenvalue weighted by Gasteiger charge is 2.18. The standard InChI is InChI=1S/C20H16O5/c1-24-19-9-5-4-8-15(19)18(22)12-25-20(23)16-10-13-6-2-3-7-14(13)11-17(16)21/h2-11,21H,12H2,1H3. The van der Waals surface area contributed by atoms with E-state index in [0.717, 1.165) is 10.8 Å². The summed E-state index contributed by atoms with van der Waals surface area (Å²) in [4.78, 5) is 24.5. The van der Waals surface area contributed by atoms with Crippen LogP contribution in [0.2, 0.25) is 0 Å². The highest BCUT2D eigenvalue weighted by molar-refractivity contribution is 6.03. The molecule has 5 nitrogen and oxygen atoms in total. The second kappa shape index (κ2) is 7.05. The molecule has 0 amide bonds. The third-order valence-electron chi connectivity index (χ3n) is 3.83. The number of Topliss-reactive ketones (excluding diaryl/α,β-unsaturated/α-hetero) is 1. The van der Waals surface area contributed by atoms with Crippen LogP contribution in [0.4, 0.5) is 0 Å². The minimum atomic E-state index is -0.758. The molecule has 3 rings (SSSR count). The Morgan fingerprint density at radius 3 is 2.28 bits per heavy atom. The van der Waals surface area contributed by atoms with E-state index in [1.165, 1.54) is 13.2 Å². The molecule has 0 unspecified atom stereocenters. The van der Waals surface area contributed by atoms with Crippen LogP contribution in [0.3, 0.4) is 0 Å². The smallest absolute Gasteiger partial charge is 0.342 e. The van der Waals surface area contributed by atoms with Gasteiger partial charge in [-0.3, -0.25) is 4.79 Å². The summed E-state index contributed by atoms with van der Waals surface area (Å²) in [6.45, 7) is -0.439. The Balaban J connectivity index is 1.76. The summed E-state index contributed by atoms with van der Waals surface area (Å²) in [6, 6.07) is 17.1. The lowest BCUT2D eigenvalue weighted by molar-refractivity contribution is 0.0471. The van der Waals surface area contributed by atoms with Crippen molar-refractivity contribution in [3.05, 3.63) is 71.8 Å². The van der Waals surface area contributed by atoms with E-state index in [1.807, 2.05) is 24.3 Å². The van der Waals surface area contributed by atoms with Crippen LogP contribution in [0.5, 0.6) is 11.5 Å². The van der Waals surface area contributed by atoms with Crippen LogP contribution in [-0.2, 0) is 4.74 Å². The molecule has 0 aliphatic carbocycles. The molecule has 0 aliphatic heterocycles. The number of phenols is 1. The van der Waals surface area contributed by atoms with Gasteiger partial charge >= 0.3 is 5.97 Å². The number of aromatic hydroxyl groups is 1. The summed E-state index contributed by atoms with van der Waals surface area (Å²) >= 11 is 0. The molecular formula is C20H16O5. The molecule has 25 heavy (non-hydrogen) atoms. The fourth-order valence-electron chi connectivity index (χ4n) is 2.55. The van der Waals surface area contributed by atoms with Crippen LogP contribution in [0.25, 0.3) is 10.8 Å². The average molecular weight is 336 g/mol. The van der Waals surface area contributed by atoms with E-state index in [9.17, 15) is 14.7 Å². The number of esters is 1. The number of ether oxygens (including phenoxy) is 2. The van der Waals surface area contributed by atoms with Crippen LogP contribution in [-0.4, -0.2) is 30.6 Å². The van der Waals surface area contributed by atoms with Crippen molar-refractivity contribution in [2.24, 2.45) is 0 Å². The van der Waals surface area contributed by atoms with E-state index in [0.29, 0.717) is 11.3 Å². The monoisotopic (exact) mass is 336 g/mol. The number of carbonyl (C=O) groups is 2. The van der Waals surface area contributed by atoms with E-state index in [4.69, 9.17) is 9.47 Å². The minimum absolute atomic E-state index is 0.0199. The second-order valence-electron chi connectivity index (χ2n) is 5.42. The van der Waals surface area contributed by atoms with Gasteiger partial charge in [-0.2, -0.15) is 0 Å². The maximum Gasteiger partial charge on any atom is 0.342 e. The zero-order valence-electron chi connectivity index (χ0n) is 13.6. The van der Waals surface area contributed by atoms with Gasteiger partial charge in [0.05, 0.1) is 12.7 Å². The number of phenolic OH excluding ortho intramolecular Hbond substituents is 1. The van der Waals surface area contributed by atoms with Gasteiger partial charge in [-0.25, -0.2) is 4.79 Å². The largest absolute Gasteiger partial charge is 0.507 e. The van der Waals surface area contributed by atoms with Gasteiger partial charge in [0.25, 0.3) is 0 Å². The van der Waals surface area contributed by atoms with Crippen LogP contribution in [0.1, 0.15) is 20.7 Å². The Morgan fingerprint density at radius 2 is 1.56 bits per heavy atom. The number of methoxy groups -OCH3 is 1. The zero-order chi connectivity index (χ0) is 17.8. The van der Waals surface area contributed by atoms with Gasteiger partial charge in [0.15, 0.2) is 6.61 Å². The number of carbonyl (C=O) groups excluding carboxylic acids is 2. The molecule has 0 aromatic heterocycles. The van der Waals surface area contributed by atoms with Crippen molar-refractivity contribution in [1.29, 1.82) is 0 Å². The molecule has 126 valence electrons. The first-order valence-electron chi connectivity index (χ1n) is 7.65. The molecule has 0 radical (unpaired) electrons. The van der Waals surface area contributed by atoms with Crippen LogP contribution in [0.15, 0.2) is 60.7 Å². The fraction of sp³-hybridized carbons (Fsp3) is 0.100. The molecule has 0 aliphatic rings. The van der Waals surface area contributed by atoms with E-state index in [-0.39, 0.29) is 17.1 Å². The molecule has 0 spiro atoms. The van der Waals surface area contributed by atoms with Crippen molar-refractivity contribution < 1.29 is 24.2 Å². The quantitative estimate of drug-likeness (QED) is 0.569. The molecule has 0 saturated heterocycles. The van der Waals surface area contributed by atoms with E-state index in [2.05, 4.69) is 0 Å². The lowest BCUT2D eigenvalue weighted by atomic mass is 10.1. The fourth-order valence-corrected chi connectivity index (χ4v) is 2.55. The van der Waals surface area contributed by atoms with Gasteiger partial charge in [0.1, 0.15) is 17.1 Å². The topological polar surface area (TPSA) is 72.8 Å². The maximum atomic E-state index is 12.2. The lowest BCUT2D eigenvalue weighted by Crippen LogP contribution is -2.15. The summed E-state index contributed by atoms with van der Waals surface area (Å²) in [5, 5.41) is 11.6. The van der Waals surface area contributed by atoms with Gasteiger partial charge in [0, 0.05) is 0 Å². The number of hydrogen-bond donors (Lipinski definition) is 1. The first-order valence-corrected chi connectivity index (χ1v) is 7.65. The normalized spacial score (nSPS) is 10.4. The predicted octanol–water partition coefficient (Wildman–Crippen LogP) is 3.59. The van der Waals surface area contributed by atoms with E-state index in [1.54, 1.807) is 30.3 Å². The Labute approximate surface area is 144 Å². The van der Waals surface area contributed by atoms with Crippen molar-refractivity contribution in [3.8, 4) is 11.5 Å². The first-order chi connectivity index (χ1) is 12.1. The number of hydrogen-bond acceptors (Lipinski definition) is 5. The number of benzene rings is 3. The molecule has 3 aromatic carbocycles. The van der Waals surface area contributed by atoms with Gasteiger partial charge in [0.2, 0.25) is 5.78 Å². The predicted molar refractivity (Wildman–Crippen MR) is 93.2 cm³/mol. The number of fused-ring (bicyclic) bond motifs is 1. The van der Waals surface area contributed by atoms with Gasteiger partial charge in [-0.05, 0) is 35.0 Å². The number of para-hydroxylation sites is 1. The molecular weight excluding hydrogens is 320 g/mol. The van der Waals surface area contributed by atoms with Crippen LogP contribution in [0, 0.1) is 0 Å². The summed E-state index contributed by atoms with van der Waals surface area (Å²) < 4.78 is 10.2. The maximum absolute atomic E-state index is 12.2. The molecule has 5 heteroatoms. The number of ketones is 1. The van der Waals surface area contributed by atoms with Crippen molar-refractivity contribution in [2.45, 2.75) is 0 Å². The Bertz CT molecular complexity index is 946. The molecule has 0 fully saturated rings. The van der Waals surface area contributed by atoms with Crippen molar-refractivity contribution in [2.75, 3.05) is 13.7 Å². The van der Waals surface area contributed by atoms with Gasteiger partial charge in [-0.1, -0.05) is 36.4 Å². The minimum Gasteiger partial charge on any atom is -0.507 e. The Kier molecular flexibility index (Phi) is 4.66. The van der Waals surface area contributed by atoms with Crippen LogP contribution >= 0.6 is 0 Å². The van der Waals surface area contributed by atoms with Gasteiger partial charge < -0.3 is 14.6 Å². The second-order valence-corrected chi connectivity index (χ2v) is 5.42. The summed E-state index contributed by atoms with van der Waals surface area (Å²) in [5.74, 6) is -0.914. The van der Waals surface area contributed by atoms with Crippen molar-refractivity contribution in [3.63, 3.8) is 0 Å². The average Bonchev–Trinajstić information content (AvgIpc) is 2.65. The Hall–Kier alpha value is -3.34. The highest BCUT2D eigenvalue weighted by atomic mass is 16.5. The third-order valence-corrected chi connectivity index (χ3v) is 3.83. The third kappa shape index (κ3) is 3.45. The molecule has 0 heterocycles. The Morgan fingerprint density at radius 1 is 0.920 bits per heavy atom. The summed E-state index contributed by atoms with van der Waals surface area (Å²) in [6.07, 6.45) is 0. The molecule has 0 atom stereocenters. The van der Waals surface area contributed by atoms with Crippen molar-refractivity contribution in [1.82, 2.24) is 0 Å². The lowest BCUT2D eigenvalue weighted by Gasteiger charge is -2.09. The SMILES string of the molecule is COc1ccccc1C(=O)COC(=O)c1cc2ccccc2cc1O. The van der Waals surface area contributed by atoms with Gasteiger partial charge in [-0.15, -0.1) is 0 Å². The first kappa shape index (κ1) is 16.5.